The molecule has 3 rings (SSSR count). The molecule has 1 aliphatic carbocycles. The van der Waals surface area contributed by atoms with Crippen LogP contribution in [0.4, 0.5) is 19.3 Å². The smallest absolute Gasteiger partial charge is 0.322 e. The van der Waals surface area contributed by atoms with E-state index in [2.05, 4.69) is 11.4 Å². The molecule has 0 unspecified atom stereocenters. The fraction of sp³-hybridized carbons (Fsp3) is 0.417. The van der Waals surface area contributed by atoms with Gasteiger partial charge in [0, 0.05) is 30.9 Å². The average Bonchev–Trinajstić information content (AvgIpc) is 2.74. The third-order valence-electron chi connectivity index (χ3n) is 5.91. The fourth-order valence-corrected chi connectivity index (χ4v) is 4.14. The highest BCUT2D eigenvalue weighted by Gasteiger charge is 2.38. The number of rotatable bonds is 6. The Labute approximate surface area is 187 Å². The van der Waals surface area contributed by atoms with Gasteiger partial charge in [0.2, 0.25) is 0 Å². The molecule has 0 aromatic heterocycles. The van der Waals surface area contributed by atoms with Crippen molar-refractivity contribution in [3.05, 3.63) is 65.2 Å². The highest BCUT2D eigenvalue weighted by atomic mass is 19.1. The zero-order valence-corrected chi connectivity index (χ0v) is 18.3. The molecular formula is C24H28F2N4O2. The number of halogens is 2. The van der Waals surface area contributed by atoms with Gasteiger partial charge >= 0.3 is 6.03 Å². The van der Waals surface area contributed by atoms with Gasteiger partial charge in [-0.1, -0.05) is 12.1 Å². The minimum Gasteiger partial charge on any atom is -0.385 e. The minimum atomic E-state index is -1.06. The second-order valence-electron chi connectivity index (χ2n) is 8.54. The van der Waals surface area contributed by atoms with Crippen molar-refractivity contribution < 1.29 is 18.7 Å². The fourth-order valence-electron chi connectivity index (χ4n) is 4.14. The standard InChI is InChI=1S/C24H28F2N4O2/c1-29(2)10-11-30(23(31)28-21-14-19(25)13-20(26)15-21)22-6-8-24(32,9-7-22)18-5-3-4-17(12-18)16-27/h3-5,12-15,22,32H,6-11H2,1-2H3,(H,28,31). The van der Waals surface area contributed by atoms with E-state index in [1.54, 1.807) is 23.1 Å². The maximum atomic E-state index is 13.5. The van der Waals surface area contributed by atoms with Crippen LogP contribution in [-0.4, -0.2) is 54.2 Å². The highest BCUT2D eigenvalue weighted by molar-refractivity contribution is 5.89. The highest BCUT2D eigenvalue weighted by Crippen LogP contribution is 2.39. The maximum Gasteiger partial charge on any atom is 0.322 e. The lowest BCUT2D eigenvalue weighted by Gasteiger charge is -2.41. The molecule has 1 aliphatic rings. The summed E-state index contributed by atoms with van der Waals surface area (Å²) < 4.78 is 27.1. The Morgan fingerprint density at radius 1 is 1.16 bits per heavy atom. The van der Waals surface area contributed by atoms with E-state index in [1.807, 2.05) is 25.1 Å². The average molecular weight is 443 g/mol. The predicted octanol–water partition coefficient (Wildman–Crippen LogP) is 4.06. The molecule has 8 heteroatoms. The van der Waals surface area contributed by atoms with E-state index in [0.29, 0.717) is 49.9 Å². The van der Waals surface area contributed by atoms with Crippen molar-refractivity contribution >= 4 is 11.7 Å². The number of amides is 2. The van der Waals surface area contributed by atoms with E-state index in [0.717, 1.165) is 18.2 Å². The molecule has 1 fully saturated rings. The topological polar surface area (TPSA) is 79.6 Å². The summed E-state index contributed by atoms with van der Waals surface area (Å²) in [5.41, 5.74) is 0.198. The summed E-state index contributed by atoms with van der Waals surface area (Å²) >= 11 is 0. The summed E-state index contributed by atoms with van der Waals surface area (Å²) in [5.74, 6) is -1.52. The zero-order chi connectivity index (χ0) is 23.3. The first-order chi connectivity index (χ1) is 15.2. The lowest BCUT2D eigenvalue weighted by molar-refractivity contribution is -0.0196. The van der Waals surface area contributed by atoms with Crippen LogP contribution in [-0.2, 0) is 5.60 Å². The van der Waals surface area contributed by atoms with E-state index >= 15 is 0 Å². The number of carbonyl (C=O) groups is 1. The van der Waals surface area contributed by atoms with Crippen LogP contribution in [0.1, 0.15) is 36.8 Å². The molecule has 0 saturated heterocycles. The van der Waals surface area contributed by atoms with Gasteiger partial charge in [-0.05, 0) is 69.6 Å². The van der Waals surface area contributed by atoms with Crippen LogP contribution in [0.3, 0.4) is 0 Å². The first-order valence-corrected chi connectivity index (χ1v) is 10.6. The zero-order valence-electron chi connectivity index (χ0n) is 18.3. The predicted molar refractivity (Wildman–Crippen MR) is 118 cm³/mol. The van der Waals surface area contributed by atoms with Crippen molar-refractivity contribution in [2.24, 2.45) is 0 Å². The van der Waals surface area contributed by atoms with Crippen LogP contribution < -0.4 is 5.32 Å². The monoisotopic (exact) mass is 442 g/mol. The summed E-state index contributed by atoms with van der Waals surface area (Å²) in [5, 5.41) is 22.9. The Morgan fingerprint density at radius 3 is 2.41 bits per heavy atom. The number of carbonyl (C=O) groups excluding carboxylic acids is 1. The molecule has 2 aromatic carbocycles. The number of benzene rings is 2. The number of nitrogens with zero attached hydrogens (tertiary/aromatic N) is 3. The molecule has 0 heterocycles. The summed E-state index contributed by atoms with van der Waals surface area (Å²) in [6.45, 7) is 1.06. The summed E-state index contributed by atoms with van der Waals surface area (Å²) in [4.78, 5) is 16.6. The quantitative estimate of drug-likeness (QED) is 0.707. The third kappa shape index (κ3) is 5.81. The molecule has 32 heavy (non-hydrogen) atoms. The number of hydrogen-bond donors (Lipinski definition) is 2. The van der Waals surface area contributed by atoms with E-state index in [4.69, 9.17) is 5.26 Å². The van der Waals surface area contributed by atoms with Crippen LogP contribution in [0.15, 0.2) is 42.5 Å². The van der Waals surface area contributed by atoms with Gasteiger partial charge in [-0.2, -0.15) is 5.26 Å². The number of nitrogens with one attached hydrogen (secondary N) is 1. The van der Waals surface area contributed by atoms with Gasteiger partial charge < -0.3 is 20.2 Å². The van der Waals surface area contributed by atoms with Crippen LogP contribution in [0.25, 0.3) is 0 Å². The Bertz CT molecular complexity index is 977. The van der Waals surface area contributed by atoms with E-state index in [9.17, 15) is 18.7 Å². The van der Waals surface area contributed by atoms with E-state index in [1.165, 1.54) is 0 Å². The molecule has 2 aromatic rings. The first-order valence-electron chi connectivity index (χ1n) is 10.6. The second-order valence-corrected chi connectivity index (χ2v) is 8.54. The van der Waals surface area contributed by atoms with Gasteiger partial charge in [0.25, 0.3) is 0 Å². The molecule has 1 saturated carbocycles. The number of nitriles is 1. The maximum absolute atomic E-state index is 13.5. The Balaban J connectivity index is 1.73. The largest absolute Gasteiger partial charge is 0.385 e. The molecule has 0 radical (unpaired) electrons. The number of hydrogen-bond acceptors (Lipinski definition) is 4. The van der Waals surface area contributed by atoms with Crippen molar-refractivity contribution in [1.29, 1.82) is 5.26 Å². The van der Waals surface area contributed by atoms with E-state index in [-0.39, 0.29) is 11.7 Å². The van der Waals surface area contributed by atoms with Gasteiger partial charge in [-0.25, -0.2) is 13.6 Å². The Hall–Kier alpha value is -3.02. The number of anilines is 1. The molecule has 2 amide bonds. The van der Waals surface area contributed by atoms with Gasteiger partial charge in [0.15, 0.2) is 0 Å². The first kappa shape index (κ1) is 23.6. The van der Waals surface area contributed by atoms with Crippen molar-refractivity contribution in [3.8, 4) is 6.07 Å². The third-order valence-corrected chi connectivity index (χ3v) is 5.91. The number of aliphatic hydroxyl groups is 1. The van der Waals surface area contributed by atoms with E-state index < -0.39 is 23.3 Å². The second kappa shape index (κ2) is 10.1. The van der Waals surface area contributed by atoms with Crippen LogP contribution >= 0.6 is 0 Å². The summed E-state index contributed by atoms with van der Waals surface area (Å²) in [6.07, 6.45) is 2.00. The van der Waals surface area contributed by atoms with Crippen molar-refractivity contribution in [3.63, 3.8) is 0 Å². The van der Waals surface area contributed by atoms with Crippen LogP contribution in [0, 0.1) is 23.0 Å². The van der Waals surface area contributed by atoms with Crippen molar-refractivity contribution in [1.82, 2.24) is 9.80 Å². The van der Waals surface area contributed by atoms with Gasteiger partial charge in [0.1, 0.15) is 11.6 Å². The number of urea groups is 1. The molecule has 0 aliphatic heterocycles. The Morgan fingerprint density at radius 2 is 1.81 bits per heavy atom. The lowest BCUT2D eigenvalue weighted by Crippen LogP contribution is -2.49. The molecule has 6 nitrogen and oxygen atoms in total. The van der Waals surface area contributed by atoms with Gasteiger partial charge in [-0.15, -0.1) is 0 Å². The van der Waals surface area contributed by atoms with Gasteiger partial charge in [-0.3, -0.25) is 0 Å². The minimum absolute atomic E-state index is 0.0583. The Kier molecular flexibility index (Phi) is 7.44. The molecule has 0 bridgehead atoms. The normalized spacial score (nSPS) is 20.6. The van der Waals surface area contributed by atoms with Gasteiger partial charge in [0.05, 0.1) is 17.2 Å². The van der Waals surface area contributed by atoms with Crippen molar-refractivity contribution in [2.45, 2.75) is 37.3 Å². The molecule has 0 atom stereocenters. The lowest BCUT2D eigenvalue weighted by atomic mass is 9.77. The SMILES string of the molecule is CN(C)CCN(C(=O)Nc1cc(F)cc(F)c1)C1CCC(O)(c2cccc(C#N)c2)CC1. The van der Waals surface area contributed by atoms with Crippen LogP contribution in [0.2, 0.25) is 0 Å². The number of likely N-dealkylation sites (N-methyl/N-ethyl adjacent to an activating group) is 1. The molecule has 2 N–H and O–H groups in total. The summed E-state index contributed by atoms with van der Waals surface area (Å²) in [6, 6.07) is 11.4. The van der Waals surface area contributed by atoms with Crippen molar-refractivity contribution in [2.75, 3.05) is 32.5 Å². The summed E-state index contributed by atoms with van der Waals surface area (Å²) in [7, 11) is 3.81. The molecule has 170 valence electrons. The molecule has 0 spiro atoms. The molecular weight excluding hydrogens is 414 g/mol. The van der Waals surface area contributed by atoms with Crippen LogP contribution in [0.5, 0.6) is 0 Å².